The highest BCUT2D eigenvalue weighted by atomic mass is 32.2. The van der Waals surface area contributed by atoms with Crippen LogP contribution < -0.4 is 5.32 Å². The number of hydrogen-bond acceptors (Lipinski definition) is 4. The Morgan fingerprint density at radius 1 is 1.09 bits per heavy atom. The summed E-state index contributed by atoms with van der Waals surface area (Å²) in [7, 11) is 0. The van der Waals surface area contributed by atoms with E-state index < -0.39 is 0 Å². The van der Waals surface area contributed by atoms with Crippen LogP contribution in [0.5, 0.6) is 0 Å². The molecule has 1 aromatic rings. The molecule has 1 aromatic carbocycles. The van der Waals surface area contributed by atoms with Crippen LogP contribution in [-0.2, 0) is 4.79 Å². The maximum Gasteiger partial charge on any atom is 0.271 e. The van der Waals surface area contributed by atoms with Crippen molar-refractivity contribution >= 4 is 29.7 Å². The highest BCUT2D eigenvalue weighted by Gasteiger charge is 2.38. The summed E-state index contributed by atoms with van der Waals surface area (Å²) in [6.45, 7) is 1.53. The van der Waals surface area contributed by atoms with Gasteiger partial charge in [-0.2, -0.15) is 0 Å². The molecule has 0 atom stereocenters. The van der Waals surface area contributed by atoms with E-state index in [0.717, 1.165) is 25.7 Å². The van der Waals surface area contributed by atoms with Crippen LogP contribution in [0.15, 0.2) is 24.3 Å². The number of hydrogen-bond donors (Lipinski definition) is 1. The molecule has 5 nitrogen and oxygen atoms in total. The van der Waals surface area contributed by atoms with Crippen molar-refractivity contribution in [3.05, 3.63) is 35.4 Å². The second-order valence-electron chi connectivity index (χ2n) is 5.73. The highest BCUT2D eigenvalue weighted by Crippen LogP contribution is 2.36. The van der Waals surface area contributed by atoms with Crippen LogP contribution in [0.3, 0.4) is 0 Å². The Labute approximate surface area is 133 Å². The van der Waals surface area contributed by atoms with Crippen LogP contribution >= 0.6 is 11.9 Å². The molecule has 3 rings (SSSR count). The molecule has 116 valence electrons. The summed E-state index contributed by atoms with van der Waals surface area (Å²) in [6.07, 6.45) is 3.56. The predicted octanol–water partition coefficient (Wildman–Crippen LogP) is 2.38. The molecule has 1 fully saturated rings. The molecule has 2 aliphatic rings. The molecule has 0 radical (unpaired) electrons. The van der Waals surface area contributed by atoms with E-state index in [-0.39, 0.29) is 29.0 Å². The zero-order chi connectivity index (χ0) is 15.7. The van der Waals surface area contributed by atoms with Gasteiger partial charge in [-0.15, -0.1) is 0 Å². The van der Waals surface area contributed by atoms with Crippen molar-refractivity contribution in [1.29, 1.82) is 0 Å². The smallest absolute Gasteiger partial charge is 0.271 e. The minimum atomic E-state index is -0.213. The number of nitrogens with zero attached hydrogens (tertiary/aromatic N) is 1. The van der Waals surface area contributed by atoms with E-state index in [2.05, 4.69) is 5.32 Å². The van der Waals surface area contributed by atoms with Gasteiger partial charge in [0.05, 0.1) is 11.1 Å². The third-order valence-corrected chi connectivity index (χ3v) is 5.40. The Morgan fingerprint density at radius 3 is 2.14 bits per heavy atom. The maximum atomic E-state index is 12.3. The van der Waals surface area contributed by atoms with Gasteiger partial charge in [0.2, 0.25) is 5.91 Å². The first-order valence-corrected chi connectivity index (χ1v) is 8.31. The lowest BCUT2D eigenvalue weighted by molar-refractivity contribution is -0.119. The van der Waals surface area contributed by atoms with Crippen molar-refractivity contribution in [2.45, 2.75) is 43.9 Å². The summed E-state index contributed by atoms with van der Waals surface area (Å²) in [6, 6.07) is 7.16. The second kappa shape index (κ2) is 6.12. The number of carbonyl (C=O) groups excluding carboxylic acids is 3. The fourth-order valence-electron chi connectivity index (χ4n) is 3.01. The van der Waals surface area contributed by atoms with Gasteiger partial charge in [0.25, 0.3) is 11.8 Å². The molecule has 1 aliphatic carbocycles. The average molecular weight is 318 g/mol. The van der Waals surface area contributed by atoms with E-state index in [0.29, 0.717) is 11.1 Å². The third-order valence-electron chi connectivity index (χ3n) is 4.09. The van der Waals surface area contributed by atoms with Crippen molar-refractivity contribution in [2.24, 2.45) is 0 Å². The van der Waals surface area contributed by atoms with Crippen molar-refractivity contribution in [3.8, 4) is 0 Å². The van der Waals surface area contributed by atoms with Gasteiger partial charge in [-0.3, -0.25) is 14.4 Å². The highest BCUT2D eigenvalue weighted by molar-refractivity contribution is 7.98. The van der Waals surface area contributed by atoms with Gasteiger partial charge in [-0.25, -0.2) is 4.31 Å². The van der Waals surface area contributed by atoms with Crippen LogP contribution in [0.4, 0.5) is 0 Å². The van der Waals surface area contributed by atoms with E-state index in [4.69, 9.17) is 0 Å². The number of carbonyl (C=O) groups is 3. The molecule has 22 heavy (non-hydrogen) atoms. The van der Waals surface area contributed by atoms with E-state index in [1.165, 1.54) is 23.2 Å². The van der Waals surface area contributed by atoms with E-state index in [1.807, 2.05) is 0 Å². The topological polar surface area (TPSA) is 66.5 Å². The molecule has 1 heterocycles. The van der Waals surface area contributed by atoms with Gasteiger partial charge >= 0.3 is 0 Å². The van der Waals surface area contributed by atoms with E-state index in [1.54, 1.807) is 24.3 Å². The number of nitrogens with one attached hydrogen (secondary N) is 1. The van der Waals surface area contributed by atoms with Crippen LogP contribution in [0.1, 0.15) is 53.3 Å². The van der Waals surface area contributed by atoms with Crippen LogP contribution in [0.25, 0.3) is 0 Å². The lowest BCUT2D eigenvalue weighted by Crippen LogP contribution is -2.37. The number of fused-ring (bicyclic) bond motifs is 1. The van der Waals surface area contributed by atoms with Gasteiger partial charge < -0.3 is 5.32 Å². The zero-order valence-corrected chi connectivity index (χ0v) is 13.2. The first-order chi connectivity index (χ1) is 10.6. The lowest BCUT2D eigenvalue weighted by Gasteiger charge is -2.29. The molecular formula is C16H18N2O3S. The largest absolute Gasteiger partial charge is 0.354 e. The van der Waals surface area contributed by atoms with Crippen LogP contribution in [0, 0.1) is 0 Å². The summed E-state index contributed by atoms with van der Waals surface area (Å²) >= 11 is 1.34. The standard InChI is InChI=1S/C16H18N2O3S/c1-10(19)17-11-6-8-12(9-7-11)22-18-15(20)13-4-2-3-5-14(13)16(18)21/h2-5,11-12H,6-9H2,1H3,(H,17,19). The Balaban J connectivity index is 1.61. The Kier molecular flexibility index (Phi) is 4.20. The molecule has 0 spiro atoms. The average Bonchev–Trinajstić information content (AvgIpc) is 2.74. The lowest BCUT2D eigenvalue weighted by atomic mass is 9.95. The summed E-state index contributed by atoms with van der Waals surface area (Å²) in [4.78, 5) is 35.7. The Hall–Kier alpha value is -1.82. The van der Waals surface area contributed by atoms with Crippen molar-refractivity contribution in [2.75, 3.05) is 0 Å². The molecule has 0 unspecified atom stereocenters. The second-order valence-corrected chi connectivity index (χ2v) is 6.97. The van der Waals surface area contributed by atoms with Gasteiger partial charge in [-0.05, 0) is 49.8 Å². The normalized spacial score (nSPS) is 24.3. The van der Waals surface area contributed by atoms with Gasteiger partial charge in [0.1, 0.15) is 0 Å². The molecule has 0 saturated heterocycles. The molecule has 1 aliphatic heterocycles. The summed E-state index contributed by atoms with van der Waals surface area (Å²) < 4.78 is 1.30. The molecule has 0 bridgehead atoms. The van der Waals surface area contributed by atoms with E-state index in [9.17, 15) is 14.4 Å². The van der Waals surface area contributed by atoms with Crippen LogP contribution in [-0.4, -0.2) is 33.3 Å². The molecule has 3 amide bonds. The predicted molar refractivity (Wildman–Crippen MR) is 84.4 cm³/mol. The van der Waals surface area contributed by atoms with Crippen molar-refractivity contribution in [3.63, 3.8) is 0 Å². The SMILES string of the molecule is CC(=O)NC1CCC(SN2C(=O)c3ccccc3C2=O)CC1. The first kappa shape index (κ1) is 15.1. The fourth-order valence-corrected chi connectivity index (χ4v) is 4.18. The number of imide groups is 1. The van der Waals surface area contributed by atoms with Crippen molar-refractivity contribution in [1.82, 2.24) is 9.62 Å². The molecular weight excluding hydrogens is 300 g/mol. The molecule has 1 N–H and O–H groups in total. The first-order valence-electron chi connectivity index (χ1n) is 7.48. The summed E-state index contributed by atoms with van der Waals surface area (Å²) in [5, 5.41) is 3.17. The summed E-state index contributed by atoms with van der Waals surface area (Å²) in [5.41, 5.74) is 0.985. The maximum absolute atomic E-state index is 12.3. The number of benzene rings is 1. The van der Waals surface area contributed by atoms with Gasteiger partial charge in [0, 0.05) is 18.2 Å². The number of amides is 3. The Bertz CT molecular complexity index is 589. The third kappa shape index (κ3) is 2.88. The number of rotatable bonds is 3. The van der Waals surface area contributed by atoms with Crippen molar-refractivity contribution < 1.29 is 14.4 Å². The Morgan fingerprint density at radius 2 is 1.64 bits per heavy atom. The van der Waals surface area contributed by atoms with Gasteiger partial charge in [-0.1, -0.05) is 12.1 Å². The minimum absolute atomic E-state index is 0.00329. The molecule has 0 aromatic heterocycles. The zero-order valence-electron chi connectivity index (χ0n) is 12.4. The fraction of sp³-hybridized carbons (Fsp3) is 0.438. The minimum Gasteiger partial charge on any atom is -0.354 e. The van der Waals surface area contributed by atoms with Gasteiger partial charge in [0.15, 0.2) is 0 Å². The molecule has 6 heteroatoms. The summed E-state index contributed by atoms with van der Waals surface area (Å²) in [5.74, 6) is -0.430. The quantitative estimate of drug-likeness (QED) is 0.686. The molecule has 1 saturated carbocycles. The van der Waals surface area contributed by atoms with E-state index >= 15 is 0 Å². The van der Waals surface area contributed by atoms with Crippen LogP contribution in [0.2, 0.25) is 0 Å². The monoisotopic (exact) mass is 318 g/mol.